The van der Waals surface area contributed by atoms with Crippen molar-refractivity contribution in [1.29, 1.82) is 5.26 Å². The first-order chi connectivity index (χ1) is 17.8. The lowest BCUT2D eigenvalue weighted by atomic mass is 9.93. The molecule has 0 saturated carbocycles. The highest BCUT2D eigenvalue weighted by Crippen LogP contribution is 2.32. The van der Waals surface area contributed by atoms with E-state index in [1.807, 2.05) is 6.07 Å². The summed E-state index contributed by atoms with van der Waals surface area (Å²) in [5, 5.41) is 9.61. The molecule has 4 rings (SSSR count). The fraction of sp³-hybridized carbons (Fsp3) is 0.138. The molecule has 0 aliphatic carbocycles. The molecule has 1 aliphatic heterocycles. The zero-order valence-corrected chi connectivity index (χ0v) is 20.1. The van der Waals surface area contributed by atoms with Crippen LogP contribution in [0.2, 0.25) is 0 Å². The molecular formula is C29H22F2N2O4. The summed E-state index contributed by atoms with van der Waals surface area (Å²) in [5.41, 5.74) is 2.21. The van der Waals surface area contributed by atoms with Gasteiger partial charge in [-0.05, 0) is 71.7 Å². The fourth-order valence-electron chi connectivity index (χ4n) is 3.85. The van der Waals surface area contributed by atoms with Crippen molar-refractivity contribution in [3.8, 4) is 17.6 Å². The average molecular weight is 501 g/mol. The van der Waals surface area contributed by atoms with Crippen LogP contribution in [0.15, 0.2) is 83.4 Å². The molecule has 0 spiro atoms. The van der Waals surface area contributed by atoms with Crippen LogP contribution in [0.4, 0.5) is 8.78 Å². The molecule has 3 aromatic rings. The normalized spacial score (nSPS) is 14.7. The van der Waals surface area contributed by atoms with E-state index in [4.69, 9.17) is 9.47 Å². The Morgan fingerprint density at radius 3 is 2.11 bits per heavy atom. The van der Waals surface area contributed by atoms with E-state index in [9.17, 15) is 23.6 Å². The van der Waals surface area contributed by atoms with Crippen LogP contribution >= 0.6 is 0 Å². The SMILES string of the molecule is COc1cc(/C=C2/C(=O)N(Cc3ccc(F)cc3)C(=O)C(C#N)=C2C)ccc1OCc1ccc(F)cc1. The number of nitrogens with zero attached hydrogens (tertiary/aromatic N) is 2. The molecule has 0 saturated heterocycles. The van der Waals surface area contributed by atoms with Crippen LogP contribution in [0.5, 0.6) is 11.5 Å². The molecule has 0 bridgehead atoms. The number of ether oxygens (including phenoxy) is 2. The summed E-state index contributed by atoms with van der Waals surface area (Å²) >= 11 is 0. The van der Waals surface area contributed by atoms with Crippen LogP contribution < -0.4 is 9.47 Å². The van der Waals surface area contributed by atoms with Crippen LogP contribution in [0.3, 0.4) is 0 Å². The van der Waals surface area contributed by atoms with E-state index in [1.54, 1.807) is 43.3 Å². The first-order valence-electron chi connectivity index (χ1n) is 11.3. The van der Waals surface area contributed by atoms with Crippen LogP contribution in [0.25, 0.3) is 6.08 Å². The molecule has 0 radical (unpaired) electrons. The van der Waals surface area contributed by atoms with Crippen molar-refractivity contribution in [3.63, 3.8) is 0 Å². The minimum atomic E-state index is -0.700. The third-order valence-corrected chi connectivity index (χ3v) is 5.89. The summed E-state index contributed by atoms with van der Waals surface area (Å²) in [5.74, 6) is -1.19. The zero-order valence-electron chi connectivity index (χ0n) is 20.1. The number of benzene rings is 3. The molecule has 8 heteroatoms. The van der Waals surface area contributed by atoms with Gasteiger partial charge >= 0.3 is 0 Å². The molecule has 0 aromatic heterocycles. The third kappa shape index (κ3) is 5.57. The fourth-order valence-corrected chi connectivity index (χ4v) is 3.85. The monoisotopic (exact) mass is 500 g/mol. The van der Waals surface area contributed by atoms with E-state index >= 15 is 0 Å². The Kier molecular flexibility index (Phi) is 7.44. The molecule has 0 N–H and O–H groups in total. The van der Waals surface area contributed by atoms with Gasteiger partial charge in [-0.3, -0.25) is 14.5 Å². The number of hydrogen-bond donors (Lipinski definition) is 0. The zero-order chi connectivity index (χ0) is 26.5. The summed E-state index contributed by atoms with van der Waals surface area (Å²) in [6.45, 7) is 1.64. The standard InChI is InChI=1S/C29H22F2N2O4/c1-18-24(28(34)33(29(35)25(18)15-32)16-19-3-8-22(30)9-4-19)13-21-7-12-26(27(14-21)36-2)37-17-20-5-10-23(31)11-6-20/h3-14H,16-17H2,1-2H3/b24-13+. The largest absolute Gasteiger partial charge is 0.493 e. The smallest absolute Gasteiger partial charge is 0.271 e. The van der Waals surface area contributed by atoms with Crippen molar-refractivity contribution in [2.75, 3.05) is 7.11 Å². The number of halogens is 2. The maximum absolute atomic E-state index is 13.3. The van der Waals surface area contributed by atoms with E-state index < -0.39 is 17.6 Å². The number of nitriles is 1. The number of imide groups is 1. The van der Waals surface area contributed by atoms with E-state index in [-0.39, 0.29) is 35.7 Å². The summed E-state index contributed by atoms with van der Waals surface area (Å²) in [6.07, 6.45) is 1.57. The second-order valence-corrected chi connectivity index (χ2v) is 8.32. The maximum atomic E-state index is 13.3. The Morgan fingerprint density at radius 2 is 1.51 bits per heavy atom. The minimum Gasteiger partial charge on any atom is -0.493 e. The van der Waals surface area contributed by atoms with Gasteiger partial charge in [-0.15, -0.1) is 0 Å². The van der Waals surface area contributed by atoms with Crippen molar-refractivity contribution in [3.05, 3.63) is 112 Å². The molecule has 0 unspecified atom stereocenters. The molecule has 3 aromatic carbocycles. The molecule has 2 amide bonds. The molecule has 186 valence electrons. The molecule has 6 nitrogen and oxygen atoms in total. The van der Waals surface area contributed by atoms with E-state index in [0.717, 1.165) is 10.5 Å². The first kappa shape index (κ1) is 25.3. The number of carbonyl (C=O) groups excluding carboxylic acids is 2. The molecular weight excluding hydrogens is 478 g/mol. The third-order valence-electron chi connectivity index (χ3n) is 5.89. The van der Waals surface area contributed by atoms with Gasteiger partial charge in [0.1, 0.15) is 29.9 Å². The molecule has 1 heterocycles. The second-order valence-electron chi connectivity index (χ2n) is 8.32. The van der Waals surface area contributed by atoms with Crippen molar-refractivity contribution in [2.24, 2.45) is 0 Å². The topological polar surface area (TPSA) is 79.6 Å². The first-order valence-corrected chi connectivity index (χ1v) is 11.3. The Labute approximate surface area is 212 Å². The van der Waals surface area contributed by atoms with E-state index in [1.165, 1.54) is 43.5 Å². The van der Waals surface area contributed by atoms with Gasteiger partial charge in [0.25, 0.3) is 11.8 Å². The number of hydrogen-bond acceptors (Lipinski definition) is 5. The molecule has 1 aliphatic rings. The van der Waals surface area contributed by atoms with Crippen molar-refractivity contribution in [1.82, 2.24) is 4.90 Å². The van der Waals surface area contributed by atoms with Gasteiger partial charge < -0.3 is 9.47 Å². The van der Waals surface area contributed by atoms with Crippen molar-refractivity contribution in [2.45, 2.75) is 20.1 Å². The predicted molar refractivity (Wildman–Crippen MR) is 132 cm³/mol. The van der Waals surface area contributed by atoms with Gasteiger partial charge in [-0.2, -0.15) is 5.26 Å². The summed E-state index contributed by atoms with van der Waals surface area (Å²) in [7, 11) is 1.48. The van der Waals surface area contributed by atoms with E-state index in [0.29, 0.717) is 22.6 Å². The Balaban J connectivity index is 1.62. The number of carbonyl (C=O) groups is 2. The van der Waals surface area contributed by atoms with Gasteiger partial charge in [0.15, 0.2) is 11.5 Å². The highest BCUT2D eigenvalue weighted by atomic mass is 19.1. The Morgan fingerprint density at radius 1 is 0.892 bits per heavy atom. The van der Waals surface area contributed by atoms with Gasteiger partial charge in [0.05, 0.1) is 13.7 Å². The molecule has 0 fully saturated rings. The Hall–Kier alpha value is -4.77. The highest BCUT2D eigenvalue weighted by molar-refractivity contribution is 6.19. The van der Waals surface area contributed by atoms with Crippen LogP contribution in [0.1, 0.15) is 23.6 Å². The quantitative estimate of drug-likeness (QED) is 0.323. The minimum absolute atomic E-state index is 0.104. The van der Waals surface area contributed by atoms with Gasteiger partial charge in [0, 0.05) is 5.57 Å². The van der Waals surface area contributed by atoms with Crippen molar-refractivity contribution >= 4 is 17.9 Å². The maximum Gasteiger partial charge on any atom is 0.271 e. The number of methoxy groups -OCH3 is 1. The lowest BCUT2D eigenvalue weighted by molar-refractivity contribution is -0.141. The Bertz CT molecular complexity index is 1450. The lowest BCUT2D eigenvalue weighted by Crippen LogP contribution is -2.42. The summed E-state index contributed by atoms with van der Waals surface area (Å²) in [4.78, 5) is 27.2. The predicted octanol–water partition coefficient (Wildman–Crippen LogP) is 5.34. The van der Waals surface area contributed by atoms with Gasteiger partial charge in [0.2, 0.25) is 0 Å². The van der Waals surface area contributed by atoms with Crippen LogP contribution in [0, 0.1) is 23.0 Å². The van der Waals surface area contributed by atoms with E-state index in [2.05, 4.69) is 0 Å². The van der Waals surface area contributed by atoms with Gasteiger partial charge in [-0.25, -0.2) is 8.78 Å². The van der Waals surface area contributed by atoms with Gasteiger partial charge in [-0.1, -0.05) is 30.3 Å². The van der Waals surface area contributed by atoms with Crippen molar-refractivity contribution < 1.29 is 27.8 Å². The number of amides is 2. The number of rotatable bonds is 7. The summed E-state index contributed by atoms with van der Waals surface area (Å²) in [6, 6.07) is 18.3. The molecule has 37 heavy (non-hydrogen) atoms. The van der Waals surface area contributed by atoms with Crippen LogP contribution in [-0.2, 0) is 22.7 Å². The average Bonchev–Trinajstić information content (AvgIpc) is 2.90. The van der Waals surface area contributed by atoms with Crippen LogP contribution in [-0.4, -0.2) is 23.8 Å². The lowest BCUT2D eigenvalue weighted by Gasteiger charge is -2.27. The highest BCUT2D eigenvalue weighted by Gasteiger charge is 2.35. The molecule has 0 atom stereocenters. The second kappa shape index (κ2) is 10.9. The summed E-state index contributed by atoms with van der Waals surface area (Å²) < 4.78 is 37.7.